The second-order valence-electron chi connectivity index (χ2n) is 6.99. The van der Waals surface area contributed by atoms with Crippen LogP contribution in [0.2, 0.25) is 0 Å². The second kappa shape index (κ2) is 7.58. The summed E-state index contributed by atoms with van der Waals surface area (Å²) in [7, 11) is 0. The van der Waals surface area contributed by atoms with E-state index in [2.05, 4.69) is 10.6 Å². The van der Waals surface area contributed by atoms with Crippen molar-refractivity contribution in [1.29, 1.82) is 0 Å². The Bertz CT molecular complexity index is 763. The topological polar surface area (TPSA) is 95.5 Å². The van der Waals surface area contributed by atoms with Gasteiger partial charge in [0, 0.05) is 18.2 Å². The van der Waals surface area contributed by atoms with Crippen LogP contribution in [0.15, 0.2) is 18.2 Å². The van der Waals surface area contributed by atoms with Crippen LogP contribution in [-0.4, -0.2) is 28.4 Å². The van der Waals surface area contributed by atoms with Crippen LogP contribution < -0.4 is 10.6 Å². The number of alkyl halides is 3. The first-order valence-electron chi connectivity index (χ1n) is 8.47. The summed E-state index contributed by atoms with van der Waals surface area (Å²) in [5.41, 5.74) is -2.61. The first-order valence-corrected chi connectivity index (χ1v) is 8.47. The van der Waals surface area contributed by atoms with E-state index >= 15 is 0 Å². The van der Waals surface area contributed by atoms with Gasteiger partial charge in [-0.25, -0.2) is 0 Å². The average molecular weight is 386 g/mol. The minimum Gasteiger partial charge on any atom is -0.481 e. The van der Waals surface area contributed by atoms with Crippen molar-refractivity contribution in [1.82, 2.24) is 5.32 Å². The minimum absolute atomic E-state index is 0.161. The summed E-state index contributed by atoms with van der Waals surface area (Å²) in [4.78, 5) is 35.3. The predicted octanol–water partition coefficient (Wildman–Crippen LogP) is 3.43. The van der Waals surface area contributed by atoms with Crippen LogP contribution in [0.1, 0.15) is 55.5 Å². The number of hydrogen-bond donors (Lipinski definition) is 3. The van der Waals surface area contributed by atoms with Gasteiger partial charge in [-0.3, -0.25) is 14.4 Å². The molecule has 0 heterocycles. The lowest BCUT2D eigenvalue weighted by Gasteiger charge is -2.39. The fraction of sp³-hybridized carbons (Fsp3) is 0.500. The molecule has 1 aliphatic rings. The van der Waals surface area contributed by atoms with Gasteiger partial charge in [0.05, 0.1) is 17.0 Å². The summed E-state index contributed by atoms with van der Waals surface area (Å²) in [5.74, 6) is -3.27. The molecule has 1 saturated carbocycles. The van der Waals surface area contributed by atoms with Crippen molar-refractivity contribution < 1.29 is 32.7 Å². The van der Waals surface area contributed by atoms with Gasteiger partial charge < -0.3 is 15.7 Å². The number of carboxylic acid groups (broad SMARTS) is 1. The zero-order chi connectivity index (χ0) is 20.4. The summed E-state index contributed by atoms with van der Waals surface area (Å²) < 4.78 is 39.4. The van der Waals surface area contributed by atoms with E-state index in [0.717, 1.165) is 19.1 Å². The highest BCUT2D eigenvalue weighted by atomic mass is 19.4. The lowest BCUT2D eigenvalue weighted by atomic mass is 9.73. The van der Waals surface area contributed by atoms with Crippen molar-refractivity contribution >= 4 is 23.5 Å². The number of benzene rings is 1. The zero-order valence-electron chi connectivity index (χ0n) is 14.9. The maximum absolute atomic E-state index is 13.1. The summed E-state index contributed by atoms with van der Waals surface area (Å²) >= 11 is 0. The predicted molar refractivity (Wildman–Crippen MR) is 91.2 cm³/mol. The molecule has 0 radical (unpaired) electrons. The number of carbonyl (C=O) groups excluding carboxylic acids is 2. The third-order valence-electron chi connectivity index (χ3n) is 4.75. The van der Waals surface area contributed by atoms with E-state index in [-0.39, 0.29) is 11.3 Å². The molecule has 148 valence electrons. The van der Waals surface area contributed by atoms with Crippen LogP contribution in [0.5, 0.6) is 0 Å². The van der Waals surface area contributed by atoms with Crippen LogP contribution in [0.3, 0.4) is 0 Å². The van der Waals surface area contributed by atoms with Gasteiger partial charge in [-0.1, -0.05) is 12.8 Å². The Morgan fingerprint density at radius 1 is 1.19 bits per heavy atom. The maximum Gasteiger partial charge on any atom is 0.416 e. The molecule has 2 atom stereocenters. The first kappa shape index (κ1) is 20.7. The molecule has 2 amide bonds. The zero-order valence-corrected chi connectivity index (χ0v) is 14.9. The Kier molecular flexibility index (Phi) is 5.82. The van der Waals surface area contributed by atoms with Gasteiger partial charge in [0.15, 0.2) is 0 Å². The number of amides is 2. The Morgan fingerprint density at radius 3 is 2.41 bits per heavy atom. The molecular weight excluding hydrogens is 365 g/mol. The first-order chi connectivity index (χ1) is 12.4. The SMILES string of the molecule is CC(=O)Nc1cc(C(=O)NC2(C)CCCCC2C(=O)O)cc(C(F)(F)F)c1. The average Bonchev–Trinajstić information content (AvgIpc) is 2.52. The molecule has 2 unspecified atom stereocenters. The molecule has 6 nitrogen and oxygen atoms in total. The number of anilines is 1. The highest BCUT2D eigenvalue weighted by Crippen LogP contribution is 2.35. The number of halogens is 3. The molecule has 0 saturated heterocycles. The molecule has 27 heavy (non-hydrogen) atoms. The number of carbonyl (C=O) groups is 3. The van der Waals surface area contributed by atoms with Crippen molar-refractivity contribution in [3.63, 3.8) is 0 Å². The summed E-state index contributed by atoms with van der Waals surface area (Å²) in [6.45, 7) is 2.73. The Labute approximate surface area is 154 Å². The monoisotopic (exact) mass is 386 g/mol. The van der Waals surface area contributed by atoms with Crippen molar-refractivity contribution in [3.05, 3.63) is 29.3 Å². The van der Waals surface area contributed by atoms with Crippen LogP contribution >= 0.6 is 0 Å². The summed E-state index contributed by atoms with van der Waals surface area (Å²) in [6.07, 6.45) is -2.50. The van der Waals surface area contributed by atoms with Gasteiger partial charge in [-0.15, -0.1) is 0 Å². The highest BCUT2D eigenvalue weighted by molar-refractivity contribution is 5.97. The molecule has 0 spiro atoms. The van der Waals surface area contributed by atoms with Gasteiger partial charge in [-0.05, 0) is 38.0 Å². The molecule has 1 fully saturated rings. The van der Waals surface area contributed by atoms with Crippen molar-refractivity contribution in [2.24, 2.45) is 5.92 Å². The number of aliphatic carboxylic acids is 1. The lowest BCUT2D eigenvalue weighted by Crippen LogP contribution is -2.55. The van der Waals surface area contributed by atoms with Gasteiger partial charge >= 0.3 is 12.1 Å². The van der Waals surface area contributed by atoms with Crippen LogP contribution in [0.25, 0.3) is 0 Å². The van der Waals surface area contributed by atoms with E-state index in [1.54, 1.807) is 6.92 Å². The van der Waals surface area contributed by atoms with Crippen molar-refractivity contribution in [2.45, 2.75) is 51.2 Å². The molecule has 3 N–H and O–H groups in total. The number of nitrogens with one attached hydrogen (secondary N) is 2. The van der Waals surface area contributed by atoms with E-state index < -0.39 is 41.0 Å². The minimum atomic E-state index is -4.71. The number of rotatable bonds is 4. The van der Waals surface area contributed by atoms with Crippen LogP contribution in [-0.2, 0) is 15.8 Å². The lowest BCUT2D eigenvalue weighted by molar-refractivity contribution is -0.145. The van der Waals surface area contributed by atoms with Crippen LogP contribution in [0.4, 0.5) is 18.9 Å². The highest BCUT2D eigenvalue weighted by Gasteiger charge is 2.42. The van der Waals surface area contributed by atoms with E-state index in [0.29, 0.717) is 31.7 Å². The Morgan fingerprint density at radius 2 is 1.85 bits per heavy atom. The van der Waals surface area contributed by atoms with Gasteiger partial charge in [0.2, 0.25) is 5.91 Å². The molecule has 1 aromatic rings. The van der Waals surface area contributed by atoms with Gasteiger partial charge in [0.1, 0.15) is 0 Å². The fourth-order valence-electron chi connectivity index (χ4n) is 3.41. The molecule has 9 heteroatoms. The van der Waals surface area contributed by atoms with Gasteiger partial charge in [0.25, 0.3) is 5.91 Å². The molecule has 0 aliphatic heterocycles. The molecule has 0 bridgehead atoms. The van der Waals surface area contributed by atoms with E-state index in [4.69, 9.17) is 0 Å². The van der Waals surface area contributed by atoms with E-state index in [9.17, 15) is 32.7 Å². The van der Waals surface area contributed by atoms with Crippen LogP contribution in [0, 0.1) is 5.92 Å². The smallest absolute Gasteiger partial charge is 0.416 e. The quantitative estimate of drug-likeness (QED) is 0.739. The standard InChI is InChI=1S/C18H21F3N2O4/c1-10(24)22-13-8-11(7-12(9-13)18(19,20)21)15(25)23-17(2)6-4-3-5-14(17)16(26)27/h7-9,14H,3-6H2,1-2H3,(H,22,24)(H,23,25)(H,26,27). The van der Waals surface area contributed by atoms with E-state index in [1.165, 1.54) is 0 Å². The molecule has 1 aromatic carbocycles. The Hall–Kier alpha value is -2.58. The van der Waals surface area contributed by atoms with Crippen molar-refractivity contribution in [2.75, 3.05) is 5.32 Å². The van der Waals surface area contributed by atoms with E-state index in [1.807, 2.05) is 0 Å². The second-order valence-corrected chi connectivity index (χ2v) is 6.99. The fourth-order valence-corrected chi connectivity index (χ4v) is 3.41. The molecular formula is C18H21F3N2O4. The number of hydrogen-bond acceptors (Lipinski definition) is 3. The molecule has 2 rings (SSSR count). The number of carboxylic acids is 1. The molecule has 0 aromatic heterocycles. The third kappa shape index (κ3) is 4.99. The summed E-state index contributed by atoms with van der Waals surface area (Å²) in [6, 6.07) is 2.55. The third-order valence-corrected chi connectivity index (χ3v) is 4.75. The van der Waals surface area contributed by atoms with Gasteiger partial charge in [-0.2, -0.15) is 13.2 Å². The largest absolute Gasteiger partial charge is 0.481 e. The van der Waals surface area contributed by atoms with Crippen molar-refractivity contribution in [3.8, 4) is 0 Å². The summed E-state index contributed by atoms with van der Waals surface area (Å²) in [5, 5.41) is 14.2. The normalized spacial score (nSPS) is 22.8. The maximum atomic E-state index is 13.1. The Balaban J connectivity index is 2.36. The molecule has 1 aliphatic carbocycles.